The summed E-state index contributed by atoms with van der Waals surface area (Å²) < 4.78 is 2.05. The Labute approximate surface area is 127 Å². The third-order valence-corrected chi connectivity index (χ3v) is 4.69. The Morgan fingerprint density at radius 1 is 1.05 bits per heavy atom. The summed E-state index contributed by atoms with van der Waals surface area (Å²) in [7, 11) is 0. The minimum absolute atomic E-state index is 0.956. The number of fused-ring (bicyclic) bond motifs is 1. The van der Waals surface area contributed by atoms with E-state index in [0.29, 0.717) is 0 Å². The normalized spacial score (nSPS) is 15.5. The lowest BCUT2D eigenvalue weighted by Crippen LogP contribution is -2.33. The van der Waals surface area contributed by atoms with Gasteiger partial charge < -0.3 is 4.90 Å². The van der Waals surface area contributed by atoms with Crippen LogP contribution in [0.1, 0.15) is 0 Å². The van der Waals surface area contributed by atoms with Gasteiger partial charge in [0.25, 0.3) is 0 Å². The average Bonchev–Trinajstić information content (AvgIpc) is 3.04. The lowest BCUT2D eigenvalue weighted by molar-refractivity contribution is 0.835. The van der Waals surface area contributed by atoms with Crippen LogP contribution in [-0.4, -0.2) is 39.0 Å². The number of anilines is 1. The minimum Gasteiger partial charge on any atom is -0.355 e. The van der Waals surface area contributed by atoms with Crippen molar-refractivity contribution >= 4 is 23.2 Å². The molecule has 1 aromatic carbocycles. The van der Waals surface area contributed by atoms with Crippen LogP contribution in [0.4, 0.5) is 5.82 Å². The van der Waals surface area contributed by atoms with Crippen LogP contribution >= 0.6 is 11.8 Å². The third kappa shape index (κ3) is 2.38. The Morgan fingerprint density at radius 3 is 2.67 bits per heavy atom. The molecule has 4 rings (SSSR count). The second-order valence-electron chi connectivity index (χ2n) is 5.06. The highest BCUT2D eigenvalue weighted by atomic mass is 32.2. The first-order valence-corrected chi connectivity index (χ1v) is 8.29. The Kier molecular flexibility index (Phi) is 3.27. The highest BCUT2D eigenvalue weighted by Gasteiger charge is 2.16. The van der Waals surface area contributed by atoms with Gasteiger partial charge in [-0.25, -0.2) is 9.97 Å². The van der Waals surface area contributed by atoms with Crippen LogP contribution in [0.3, 0.4) is 0 Å². The number of imidazole rings is 1. The smallest absolute Gasteiger partial charge is 0.148 e. The van der Waals surface area contributed by atoms with Crippen LogP contribution in [-0.2, 0) is 0 Å². The molecule has 4 nitrogen and oxygen atoms in total. The monoisotopic (exact) mass is 296 g/mol. The molecule has 0 saturated carbocycles. The largest absolute Gasteiger partial charge is 0.355 e. The maximum atomic E-state index is 4.91. The highest BCUT2D eigenvalue weighted by molar-refractivity contribution is 7.99. The summed E-state index contributed by atoms with van der Waals surface area (Å²) in [5.74, 6) is 4.33. The van der Waals surface area contributed by atoms with Crippen LogP contribution < -0.4 is 4.90 Å². The molecule has 1 aliphatic rings. The summed E-state index contributed by atoms with van der Waals surface area (Å²) >= 11 is 2.01. The molecule has 0 radical (unpaired) electrons. The second kappa shape index (κ2) is 5.41. The van der Waals surface area contributed by atoms with Gasteiger partial charge in [0.1, 0.15) is 17.3 Å². The summed E-state index contributed by atoms with van der Waals surface area (Å²) in [6.45, 7) is 2.12. The van der Waals surface area contributed by atoms with Crippen LogP contribution in [0.5, 0.6) is 0 Å². The van der Waals surface area contributed by atoms with Gasteiger partial charge in [-0.05, 0) is 0 Å². The van der Waals surface area contributed by atoms with Crippen molar-refractivity contribution in [3.8, 4) is 11.4 Å². The fourth-order valence-corrected chi connectivity index (χ4v) is 3.56. The average molecular weight is 296 g/mol. The van der Waals surface area contributed by atoms with Crippen LogP contribution in [0, 0.1) is 0 Å². The molecule has 21 heavy (non-hydrogen) atoms. The predicted octanol–water partition coefficient (Wildman–Crippen LogP) is 2.95. The zero-order chi connectivity index (χ0) is 14.1. The standard InChI is InChI=1S/C16H16N4S/c1-2-4-13(5-3-1)16-18-15(19-8-10-21-11-9-19)12-14-17-6-7-20(14)16/h1-7,12H,8-11H2. The molecular formula is C16H16N4S. The number of rotatable bonds is 2. The van der Waals surface area contributed by atoms with Crippen molar-refractivity contribution in [2.24, 2.45) is 0 Å². The fraction of sp³-hybridized carbons (Fsp3) is 0.250. The first kappa shape index (κ1) is 12.7. The molecule has 3 aromatic rings. The predicted molar refractivity (Wildman–Crippen MR) is 88.0 cm³/mol. The van der Waals surface area contributed by atoms with Crippen LogP contribution in [0.25, 0.3) is 17.0 Å². The molecule has 0 aliphatic carbocycles. The van der Waals surface area contributed by atoms with Crippen LogP contribution in [0.2, 0.25) is 0 Å². The summed E-state index contributed by atoms with van der Waals surface area (Å²) in [5, 5.41) is 0. The number of nitrogens with zero attached hydrogens (tertiary/aromatic N) is 4. The molecular weight excluding hydrogens is 280 g/mol. The van der Waals surface area contributed by atoms with E-state index in [0.717, 1.165) is 35.9 Å². The Balaban J connectivity index is 1.86. The molecule has 1 saturated heterocycles. The number of hydrogen-bond donors (Lipinski definition) is 0. The molecule has 0 N–H and O–H groups in total. The van der Waals surface area contributed by atoms with E-state index in [2.05, 4.69) is 32.5 Å². The number of benzene rings is 1. The van der Waals surface area contributed by atoms with Crippen molar-refractivity contribution < 1.29 is 0 Å². The van der Waals surface area contributed by atoms with Gasteiger partial charge in [0.2, 0.25) is 0 Å². The van der Waals surface area contributed by atoms with Gasteiger partial charge in [0, 0.05) is 48.6 Å². The van der Waals surface area contributed by atoms with Gasteiger partial charge in [0.05, 0.1) is 0 Å². The molecule has 0 unspecified atom stereocenters. The first-order valence-electron chi connectivity index (χ1n) is 7.14. The third-order valence-electron chi connectivity index (χ3n) is 3.74. The molecule has 106 valence electrons. The van der Waals surface area contributed by atoms with Crippen molar-refractivity contribution in [2.75, 3.05) is 29.5 Å². The molecule has 3 heterocycles. The zero-order valence-electron chi connectivity index (χ0n) is 11.6. The van der Waals surface area contributed by atoms with E-state index in [-0.39, 0.29) is 0 Å². The van der Waals surface area contributed by atoms with E-state index in [1.807, 2.05) is 42.4 Å². The Hall–Kier alpha value is -2.01. The highest BCUT2D eigenvalue weighted by Crippen LogP contribution is 2.24. The van der Waals surface area contributed by atoms with Gasteiger partial charge >= 0.3 is 0 Å². The lowest BCUT2D eigenvalue weighted by Gasteiger charge is -2.27. The molecule has 0 amide bonds. The number of hydrogen-bond acceptors (Lipinski definition) is 4. The molecule has 1 fully saturated rings. The van der Waals surface area contributed by atoms with E-state index in [1.165, 1.54) is 11.5 Å². The SMILES string of the molecule is c1ccc(-c2nc(N3CCSCC3)cc3nccn23)cc1. The quantitative estimate of drug-likeness (QED) is 0.728. The molecule has 5 heteroatoms. The maximum Gasteiger partial charge on any atom is 0.148 e. The fourth-order valence-electron chi connectivity index (χ4n) is 2.66. The maximum absolute atomic E-state index is 4.91. The van der Waals surface area contributed by atoms with Gasteiger partial charge in [-0.1, -0.05) is 30.3 Å². The Bertz CT molecular complexity index is 747. The molecule has 2 aromatic heterocycles. The lowest BCUT2D eigenvalue weighted by atomic mass is 10.2. The van der Waals surface area contributed by atoms with E-state index in [1.54, 1.807) is 0 Å². The van der Waals surface area contributed by atoms with Crippen LogP contribution in [0.15, 0.2) is 48.8 Å². The van der Waals surface area contributed by atoms with E-state index >= 15 is 0 Å². The van der Waals surface area contributed by atoms with Gasteiger partial charge in [-0.15, -0.1) is 0 Å². The van der Waals surface area contributed by atoms with Crippen molar-refractivity contribution in [3.05, 3.63) is 48.8 Å². The summed E-state index contributed by atoms with van der Waals surface area (Å²) in [6.07, 6.45) is 3.81. The zero-order valence-corrected chi connectivity index (χ0v) is 12.5. The summed E-state index contributed by atoms with van der Waals surface area (Å²) in [5.41, 5.74) is 2.07. The van der Waals surface area contributed by atoms with E-state index < -0.39 is 0 Å². The summed E-state index contributed by atoms with van der Waals surface area (Å²) in [4.78, 5) is 11.7. The van der Waals surface area contributed by atoms with E-state index in [9.17, 15) is 0 Å². The van der Waals surface area contributed by atoms with Gasteiger partial charge in [-0.3, -0.25) is 4.40 Å². The molecule has 0 atom stereocenters. The second-order valence-corrected chi connectivity index (χ2v) is 6.28. The number of aromatic nitrogens is 3. The first-order chi connectivity index (χ1) is 10.4. The number of thioether (sulfide) groups is 1. The van der Waals surface area contributed by atoms with Crippen molar-refractivity contribution in [2.45, 2.75) is 0 Å². The van der Waals surface area contributed by atoms with Crippen molar-refractivity contribution in [3.63, 3.8) is 0 Å². The van der Waals surface area contributed by atoms with Gasteiger partial charge in [0.15, 0.2) is 0 Å². The van der Waals surface area contributed by atoms with Crippen molar-refractivity contribution in [1.29, 1.82) is 0 Å². The van der Waals surface area contributed by atoms with E-state index in [4.69, 9.17) is 4.98 Å². The summed E-state index contributed by atoms with van der Waals surface area (Å²) in [6, 6.07) is 12.4. The minimum atomic E-state index is 0.956. The topological polar surface area (TPSA) is 33.4 Å². The van der Waals surface area contributed by atoms with Crippen molar-refractivity contribution in [1.82, 2.24) is 14.4 Å². The molecule has 0 bridgehead atoms. The molecule has 0 spiro atoms. The van der Waals surface area contributed by atoms with Gasteiger partial charge in [-0.2, -0.15) is 11.8 Å². The molecule has 1 aliphatic heterocycles. The Morgan fingerprint density at radius 2 is 1.86 bits per heavy atom.